The standard InChI is InChI=1S/C29H24ClFN2O4S/c1-2-3-4-14-37-21-7-5-6-18(15-21)25-24(26(34)17-8-10-19(30)11-9-17)27(35)28(36)33(25)29-32-22-13-12-20(31)16-23(22)38-29/h5-13,15-16,25,34H,2-4,14H2,1H3. The number of ketones is 1. The van der Waals surface area contributed by atoms with Crippen molar-refractivity contribution in [1.29, 1.82) is 0 Å². The first-order valence-electron chi connectivity index (χ1n) is 12.2. The SMILES string of the molecule is CCCCCOc1cccc(C2C(=C(O)c3ccc(Cl)cc3)C(=O)C(=O)N2c2nc3ccc(F)cc3s2)c1. The van der Waals surface area contributed by atoms with Crippen LogP contribution in [0.3, 0.4) is 0 Å². The number of ether oxygens (including phenoxy) is 1. The Kier molecular flexibility index (Phi) is 7.44. The highest BCUT2D eigenvalue weighted by atomic mass is 35.5. The number of thiazole rings is 1. The van der Waals surface area contributed by atoms with Gasteiger partial charge in [0.15, 0.2) is 5.13 Å². The molecule has 0 saturated carbocycles. The lowest BCUT2D eigenvalue weighted by Gasteiger charge is -2.23. The van der Waals surface area contributed by atoms with E-state index in [0.29, 0.717) is 38.7 Å². The fraction of sp³-hybridized carbons (Fsp3) is 0.207. The molecule has 6 nitrogen and oxygen atoms in total. The number of amides is 1. The van der Waals surface area contributed by atoms with Crippen molar-refractivity contribution < 1.29 is 23.8 Å². The van der Waals surface area contributed by atoms with E-state index in [9.17, 15) is 19.1 Å². The van der Waals surface area contributed by atoms with Crippen LogP contribution in [0.4, 0.5) is 9.52 Å². The fourth-order valence-corrected chi connectivity index (χ4v) is 5.56. The summed E-state index contributed by atoms with van der Waals surface area (Å²) in [6.45, 7) is 2.65. The molecule has 2 heterocycles. The summed E-state index contributed by atoms with van der Waals surface area (Å²) in [5.74, 6) is -1.85. The molecule has 1 aliphatic heterocycles. The van der Waals surface area contributed by atoms with Gasteiger partial charge in [0.25, 0.3) is 5.78 Å². The molecule has 0 radical (unpaired) electrons. The fourth-order valence-electron chi connectivity index (χ4n) is 4.41. The molecule has 0 spiro atoms. The molecule has 38 heavy (non-hydrogen) atoms. The molecule has 3 aromatic carbocycles. The highest BCUT2D eigenvalue weighted by molar-refractivity contribution is 7.22. The summed E-state index contributed by atoms with van der Waals surface area (Å²) in [6, 6.07) is 16.6. The van der Waals surface area contributed by atoms with Crippen LogP contribution in [0.15, 0.2) is 72.3 Å². The first-order chi connectivity index (χ1) is 18.4. The zero-order chi connectivity index (χ0) is 26.8. The van der Waals surface area contributed by atoms with Gasteiger partial charge in [-0.25, -0.2) is 9.37 Å². The number of rotatable bonds is 8. The molecular weight excluding hydrogens is 527 g/mol. The summed E-state index contributed by atoms with van der Waals surface area (Å²) in [5, 5.41) is 12.0. The van der Waals surface area contributed by atoms with E-state index < -0.39 is 23.5 Å². The highest BCUT2D eigenvalue weighted by Gasteiger charge is 2.48. The second kappa shape index (κ2) is 10.9. The van der Waals surface area contributed by atoms with Gasteiger partial charge in [-0.1, -0.05) is 54.8 Å². The molecule has 9 heteroatoms. The Morgan fingerprint density at radius 3 is 2.66 bits per heavy atom. The normalized spacial score (nSPS) is 16.9. The average Bonchev–Trinajstić information content (AvgIpc) is 3.44. The average molecular weight is 551 g/mol. The number of hydrogen-bond donors (Lipinski definition) is 1. The molecule has 1 N–H and O–H groups in total. The number of aliphatic hydroxyl groups excluding tert-OH is 1. The summed E-state index contributed by atoms with van der Waals surface area (Å²) in [4.78, 5) is 32.6. The lowest BCUT2D eigenvalue weighted by Crippen LogP contribution is -2.29. The molecule has 4 aromatic rings. The molecule has 0 aliphatic carbocycles. The highest BCUT2D eigenvalue weighted by Crippen LogP contribution is 2.45. The molecule has 1 amide bonds. The Morgan fingerprint density at radius 2 is 1.89 bits per heavy atom. The number of benzene rings is 3. The van der Waals surface area contributed by atoms with Crippen molar-refractivity contribution in [1.82, 2.24) is 4.98 Å². The molecule has 1 saturated heterocycles. The molecule has 1 unspecified atom stereocenters. The predicted molar refractivity (Wildman–Crippen MR) is 147 cm³/mol. The number of aromatic nitrogens is 1. The third kappa shape index (κ3) is 5.01. The van der Waals surface area contributed by atoms with Crippen LogP contribution in [0.2, 0.25) is 5.02 Å². The second-order valence-corrected chi connectivity index (χ2v) is 10.4. The van der Waals surface area contributed by atoms with Crippen molar-refractivity contribution in [2.24, 2.45) is 0 Å². The number of anilines is 1. The van der Waals surface area contributed by atoms with Crippen molar-refractivity contribution in [2.75, 3.05) is 11.5 Å². The van der Waals surface area contributed by atoms with Crippen LogP contribution in [-0.4, -0.2) is 28.4 Å². The summed E-state index contributed by atoms with van der Waals surface area (Å²) in [5.41, 5.74) is 1.33. The zero-order valence-corrected chi connectivity index (χ0v) is 22.1. The van der Waals surface area contributed by atoms with Crippen molar-refractivity contribution in [3.63, 3.8) is 0 Å². The molecule has 1 aliphatic rings. The number of halogens is 2. The minimum atomic E-state index is -0.977. The molecule has 194 valence electrons. The van der Waals surface area contributed by atoms with E-state index in [4.69, 9.17) is 16.3 Å². The number of carbonyl (C=O) groups is 2. The van der Waals surface area contributed by atoms with Crippen molar-refractivity contribution >= 4 is 55.7 Å². The van der Waals surface area contributed by atoms with Gasteiger partial charge in [-0.3, -0.25) is 14.5 Å². The van der Waals surface area contributed by atoms with Gasteiger partial charge < -0.3 is 9.84 Å². The van der Waals surface area contributed by atoms with Crippen LogP contribution in [0, 0.1) is 5.82 Å². The summed E-state index contributed by atoms with van der Waals surface area (Å²) in [6.07, 6.45) is 3.01. The van der Waals surface area contributed by atoms with Gasteiger partial charge in [0.05, 0.1) is 28.4 Å². The van der Waals surface area contributed by atoms with E-state index in [0.717, 1.165) is 30.6 Å². The van der Waals surface area contributed by atoms with Gasteiger partial charge in [0.2, 0.25) is 0 Å². The van der Waals surface area contributed by atoms with Crippen molar-refractivity contribution in [3.05, 3.63) is 94.3 Å². The molecule has 1 aromatic heterocycles. The van der Waals surface area contributed by atoms with Crippen LogP contribution >= 0.6 is 22.9 Å². The number of Topliss-reactive ketones (excluding diaryl/α,β-unsaturated/α-hetero) is 1. The maximum atomic E-state index is 13.9. The molecule has 5 rings (SSSR count). The van der Waals surface area contributed by atoms with E-state index in [1.54, 1.807) is 48.5 Å². The maximum Gasteiger partial charge on any atom is 0.301 e. The quantitative estimate of drug-likeness (QED) is 0.108. The Balaban J connectivity index is 1.64. The lowest BCUT2D eigenvalue weighted by atomic mass is 9.95. The maximum absolute atomic E-state index is 13.9. The van der Waals surface area contributed by atoms with E-state index in [2.05, 4.69) is 11.9 Å². The monoisotopic (exact) mass is 550 g/mol. The van der Waals surface area contributed by atoms with Crippen LogP contribution in [0.1, 0.15) is 43.4 Å². The largest absolute Gasteiger partial charge is 0.507 e. The van der Waals surface area contributed by atoms with Gasteiger partial charge in [-0.05, 0) is 66.6 Å². The number of unbranched alkanes of at least 4 members (excludes halogenated alkanes) is 2. The Bertz CT molecular complexity index is 1550. The van der Waals surface area contributed by atoms with Crippen molar-refractivity contribution in [2.45, 2.75) is 32.2 Å². The van der Waals surface area contributed by atoms with Gasteiger partial charge >= 0.3 is 5.91 Å². The molecular formula is C29H24ClFN2O4S. The third-order valence-electron chi connectivity index (χ3n) is 6.30. The number of fused-ring (bicyclic) bond motifs is 1. The molecule has 1 fully saturated rings. The molecule has 0 bridgehead atoms. The van der Waals surface area contributed by atoms with E-state index in [1.807, 2.05) is 0 Å². The van der Waals surface area contributed by atoms with Gasteiger partial charge in [-0.2, -0.15) is 0 Å². The number of hydrogen-bond acceptors (Lipinski definition) is 6. The smallest absolute Gasteiger partial charge is 0.301 e. The van der Waals surface area contributed by atoms with E-state index in [-0.39, 0.29) is 16.5 Å². The topological polar surface area (TPSA) is 79.7 Å². The predicted octanol–water partition coefficient (Wildman–Crippen LogP) is 7.28. The number of nitrogens with zero attached hydrogens (tertiary/aromatic N) is 2. The van der Waals surface area contributed by atoms with Gasteiger partial charge in [0, 0.05) is 10.6 Å². The lowest BCUT2D eigenvalue weighted by molar-refractivity contribution is -0.132. The van der Waals surface area contributed by atoms with Crippen molar-refractivity contribution in [3.8, 4) is 5.75 Å². The zero-order valence-electron chi connectivity index (χ0n) is 20.5. The van der Waals surface area contributed by atoms with Gasteiger partial charge in [-0.15, -0.1) is 0 Å². The second-order valence-electron chi connectivity index (χ2n) is 8.91. The summed E-state index contributed by atoms with van der Waals surface area (Å²) in [7, 11) is 0. The van der Waals surface area contributed by atoms with Crippen LogP contribution < -0.4 is 9.64 Å². The summed E-state index contributed by atoms with van der Waals surface area (Å²) < 4.78 is 20.3. The third-order valence-corrected chi connectivity index (χ3v) is 7.57. The van der Waals surface area contributed by atoms with E-state index in [1.165, 1.54) is 23.1 Å². The first-order valence-corrected chi connectivity index (χ1v) is 13.4. The minimum absolute atomic E-state index is 0.0779. The minimum Gasteiger partial charge on any atom is -0.507 e. The molecule has 1 atom stereocenters. The Hall–Kier alpha value is -3.75. The summed E-state index contributed by atoms with van der Waals surface area (Å²) >= 11 is 7.11. The Labute approximate surface area is 228 Å². The van der Waals surface area contributed by atoms with Crippen LogP contribution in [-0.2, 0) is 9.59 Å². The number of aliphatic hydroxyl groups is 1. The van der Waals surface area contributed by atoms with Crippen LogP contribution in [0.5, 0.6) is 5.75 Å². The van der Waals surface area contributed by atoms with Crippen LogP contribution in [0.25, 0.3) is 16.0 Å². The Morgan fingerprint density at radius 1 is 1.11 bits per heavy atom. The van der Waals surface area contributed by atoms with E-state index >= 15 is 0 Å². The first kappa shape index (κ1) is 25.9. The van der Waals surface area contributed by atoms with Gasteiger partial charge in [0.1, 0.15) is 17.3 Å². The number of carbonyl (C=O) groups excluding carboxylic acids is 2.